The van der Waals surface area contributed by atoms with E-state index in [4.69, 9.17) is 0 Å². The molecule has 2 heterocycles. The van der Waals surface area contributed by atoms with Gasteiger partial charge in [-0.25, -0.2) is 4.98 Å². The fourth-order valence-corrected chi connectivity index (χ4v) is 2.12. The molecule has 3 aromatic rings. The average Bonchev–Trinajstić information content (AvgIpc) is 2.91. The summed E-state index contributed by atoms with van der Waals surface area (Å²) in [5.41, 5.74) is 2.26. The third-order valence-electron chi connectivity index (χ3n) is 3.00. The quantitative estimate of drug-likeness (QED) is 0.689. The lowest BCUT2D eigenvalue weighted by Crippen LogP contribution is -2.07. The van der Waals surface area contributed by atoms with E-state index in [0.29, 0.717) is 17.0 Å². The number of para-hydroxylation sites is 1. The number of aromatic amines is 2. The van der Waals surface area contributed by atoms with Gasteiger partial charge >= 0.3 is 6.18 Å². The molecule has 6 heteroatoms. The zero-order valence-electron chi connectivity index (χ0n) is 9.97. The summed E-state index contributed by atoms with van der Waals surface area (Å²) in [4.78, 5) is 8.99. The number of benzene rings is 1. The molecule has 0 bridgehead atoms. The van der Waals surface area contributed by atoms with Crippen molar-refractivity contribution < 1.29 is 13.2 Å². The van der Waals surface area contributed by atoms with Gasteiger partial charge in [0.25, 0.3) is 0 Å². The molecule has 2 N–H and O–H groups in total. The van der Waals surface area contributed by atoms with Crippen LogP contribution in [0.4, 0.5) is 13.2 Å². The van der Waals surface area contributed by atoms with Gasteiger partial charge in [-0.2, -0.15) is 13.2 Å². The highest BCUT2D eigenvalue weighted by molar-refractivity contribution is 5.95. The van der Waals surface area contributed by atoms with Crippen molar-refractivity contribution in [3.63, 3.8) is 0 Å². The van der Waals surface area contributed by atoms with Crippen LogP contribution in [0.3, 0.4) is 0 Å². The first kappa shape index (κ1) is 11.8. The van der Waals surface area contributed by atoms with Crippen LogP contribution < -0.4 is 0 Å². The van der Waals surface area contributed by atoms with Crippen LogP contribution in [0.1, 0.15) is 11.5 Å². The van der Waals surface area contributed by atoms with Gasteiger partial charge in [0.1, 0.15) is 0 Å². The van der Waals surface area contributed by atoms with Gasteiger partial charge < -0.3 is 9.97 Å². The van der Waals surface area contributed by atoms with Gasteiger partial charge in [-0.05, 0) is 13.0 Å². The van der Waals surface area contributed by atoms with Crippen molar-refractivity contribution in [2.45, 2.75) is 13.1 Å². The van der Waals surface area contributed by atoms with Crippen molar-refractivity contribution in [2.24, 2.45) is 0 Å². The number of aryl methyl sites for hydroxylation is 1. The normalized spacial score (nSPS) is 12.2. The first-order chi connectivity index (χ1) is 8.97. The molecule has 3 rings (SSSR count). The molecule has 0 atom stereocenters. The molecule has 0 saturated heterocycles. The van der Waals surface area contributed by atoms with Gasteiger partial charge in [0.2, 0.25) is 5.82 Å². The summed E-state index contributed by atoms with van der Waals surface area (Å²) in [6, 6.07) is 7.42. The number of aromatic nitrogens is 3. The third kappa shape index (κ3) is 1.89. The maximum Gasteiger partial charge on any atom is 0.449 e. The molecule has 0 unspecified atom stereocenters. The molecule has 2 aromatic heterocycles. The van der Waals surface area contributed by atoms with Crippen LogP contribution in [-0.2, 0) is 6.18 Å². The van der Waals surface area contributed by atoms with E-state index in [1.165, 1.54) is 0 Å². The van der Waals surface area contributed by atoms with E-state index < -0.39 is 12.0 Å². The SMILES string of the molecule is Cc1[nH]c(C(F)(F)F)nc1-c1c[nH]c2ccccc12. The minimum atomic E-state index is -4.46. The molecule has 0 aliphatic rings. The molecule has 0 amide bonds. The molecule has 19 heavy (non-hydrogen) atoms. The summed E-state index contributed by atoms with van der Waals surface area (Å²) in [5, 5.41) is 0.853. The minimum absolute atomic E-state index is 0.324. The molecule has 0 saturated carbocycles. The number of nitrogens with one attached hydrogen (secondary N) is 2. The Hall–Kier alpha value is -2.24. The number of fused-ring (bicyclic) bond motifs is 1. The number of hydrogen-bond donors (Lipinski definition) is 2. The first-order valence-electron chi connectivity index (χ1n) is 5.67. The lowest BCUT2D eigenvalue weighted by atomic mass is 10.1. The highest BCUT2D eigenvalue weighted by Gasteiger charge is 2.35. The Morgan fingerprint density at radius 3 is 2.58 bits per heavy atom. The number of halogens is 3. The maximum absolute atomic E-state index is 12.6. The van der Waals surface area contributed by atoms with Gasteiger partial charge in [-0.3, -0.25) is 0 Å². The van der Waals surface area contributed by atoms with Crippen molar-refractivity contribution in [1.82, 2.24) is 15.0 Å². The smallest absolute Gasteiger partial charge is 0.360 e. The van der Waals surface area contributed by atoms with Crippen LogP contribution in [-0.4, -0.2) is 15.0 Å². The topological polar surface area (TPSA) is 44.5 Å². The van der Waals surface area contributed by atoms with E-state index >= 15 is 0 Å². The van der Waals surface area contributed by atoms with Crippen molar-refractivity contribution >= 4 is 10.9 Å². The summed E-state index contributed by atoms with van der Waals surface area (Å²) in [6.07, 6.45) is -2.79. The first-order valence-corrected chi connectivity index (χ1v) is 5.67. The van der Waals surface area contributed by atoms with E-state index in [0.717, 1.165) is 10.9 Å². The average molecular weight is 265 g/mol. The summed E-state index contributed by atoms with van der Waals surface area (Å²) in [5.74, 6) is -0.967. The van der Waals surface area contributed by atoms with Crippen LogP contribution in [0.2, 0.25) is 0 Å². The van der Waals surface area contributed by atoms with Crippen LogP contribution in [0.25, 0.3) is 22.2 Å². The highest BCUT2D eigenvalue weighted by atomic mass is 19.4. The van der Waals surface area contributed by atoms with E-state index in [1.54, 1.807) is 13.1 Å². The van der Waals surface area contributed by atoms with Gasteiger partial charge in [0, 0.05) is 28.4 Å². The zero-order chi connectivity index (χ0) is 13.6. The van der Waals surface area contributed by atoms with Gasteiger partial charge in [-0.1, -0.05) is 18.2 Å². The molecule has 0 fully saturated rings. The molecule has 0 aliphatic carbocycles. The van der Waals surface area contributed by atoms with Crippen molar-refractivity contribution in [1.29, 1.82) is 0 Å². The zero-order valence-corrected chi connectivity index (χ0v) is 9.97. The van der Waals surface area contributed by atoms with E-state index in [9.17, 15) is 13.2 Å². The lowest BCUT2D eigenvalue weighted by Gasteiger charge is -1.99. The Morgan fingerprint density at radius 1 is 1.16 bits per heavy atom. The van der Waals surface area contributed by atoms with Crippen LogP contribution in [0.5, 0.6) is 0 Å². The van der Waals surface area contributed by atoms with E-state index in [2.05, 4.69) is 15.0 Å². The van der Waals surface area contributed by atoms with Gasteiger partial charge in [0.15, 0.2) is 0 Å². The largest absolute Gasteiger partial charge is 0.449 e. The monoisotopic (exact) mass is 265 g/mol. The fraction of sp³-hybridized carbons (Fsp3) is 0.154. The molecular formula is C13H10F3N3. The van der Waals surface area contributed by atoms with Crippen molar-refractivity contribution in [2.75, 3.05) is 0 Å². The molecule has 3 nitrogen and oxygen atoms in total. The lowest BCUT2D eigenvalue weighted by molar-refractivity contribution is -0.144. The second kappa shape index (κ2) is 3.88. The fourth-order valence-electron chi connectivity index (χ4n) is 2.12. The molecular weight excluding hydrogens is 255 g/mol. The minimum Gasteiger partial charge on any atom is -0.360 e. The molecule has 0 spiro atoms. The number of imidazole rings is 1. The maximum atomic E-state index is 12.6. The predicted octanol–water partition coefficient (Wildman–Crippen LogP) is 3.89. The Labute approximate surface area is 106 Å². The standard InChI is InChI=1S/C13H10F3N3/c1-7-11(19-12(18-7)13(14,15)16)9-6-17-10-5-3-2-4-8(9)10/h2-6,17H,1H3,(H,18,19). The number of nitrogens with zero attached hydrogens (tertiary/aromatic N) is 1. The molecule has 98 valence electrons. The predicted molar refractivity (Wildman–Crippen MR) is 65.6 cm³/mol. The summed E-state index contributed by atoms with van der Waals surface area (Å²) in [7, 11) is 0. The van der Waals surface area contributed by atoms with E-state index in [-0.39, 0.29) is 0 Å². The number of rotatable bonds is 1. The Kier molecular flexibility index (Phi) is 2.41. The summed E-state index contributed by atoms with van der Waals surface area (Å²) in [6.45, 7) is 1.58. The van der Waals surface area contributed by atoms with Crippen LogP contribution >= 0.6 is 0 Å². The Bertz CT molecular complexity index is 737. The van der Waals surface area contributed by atoms with Crippen molar-refractivity contribution in [3.05, 3.63) is 42.0 Å². The van der Waals surface area contributed by atoms with Crippen molar-refractivity contribution in [3.8, 4) is 11.3 Å². The molecule has 0 radical (unpaired) electrons. The summed E-state index contributed by atoms with van der Waals surface area (Å²) >= 11 is 0. The molecule has 1 aromatic carbocycles. The van der Waals surface area contributed by atoms with E-state index in [1.807, 2.05) is 24.3 Å². The third-order valence-corrected chi connectivity index (χ3v) is 3.00. The number of H-pyrrole nitrogens is 2. The summed E-state index contributed by atoms with van der Waals surface area (Å²) < 4.78 is 37.9. The van der Waals surface area contributed by atoms with Crippen LogP contribution in [0.15, 0.2) is 30.5 Å². The van der Waals surface area contributed by atoms with Gasteiger partial charge in [0.05, 0.1) is 5.69 Å². The van der Waals surface area contributed by atoms with Gasteiger partial charge in [-0.15, -0.1) is 0 Å². The molecule has 0 aliphatic heterocycles. The number of alkyl halides is 3. The Balaban J connectivity index is 2.20. The highest BCUT2D eigenvalue weighted by Crippen LogP contribution is 2.33. The second-order valence-corrected chi connectivity index (χ2v) is 4.30. The number of hydrogen-bond acceptors (Lipinski definition) is 1. The van der Waals surface area contributed by atoms with Crippen LogP contribution in [0, 0.1) is 6.92 Å². The second-order valence-electron chi connectivity index (χ2n) is 4.30. The Morgan fingerprint density at radius 2 is 1.89 bits per heavy atom.